The Labute approximate surface area is 82.2 Å². The highest BCUT2D eigenvalue weighted by atomic mass is 16.6. The van der Waals surface area contributed by atoms with Gasteiger partial charge in [-0.15, -0.1) is 0 Å². The van der Waals surface area contributed by atoms with E-state index in [2.05, 4.69) is 0 Å². The molecule has 0 aromatic heterocycles. The number of hydrogen-bond donors (Lipinski definition) is 3. The molecule has 6 heteroatoms. The molecule has 0 rings (SSSR count). The van der Waals surface area contributed by atoms with Crippen LogP contribution in [-0.4, -0.2) is 34.7 Å². The van der Waals surface area contributed by atoms with E-state index in [9.17, 15) is 9.59 Å². The summed E-state index contributed by atoms with van der Waals surface area (Å²) in [6.45, 7) is 4.97. The van der Waals surface area contributed by atoms with Crippen molar-refractivity contribution in [3.05, 3.63) is 0 Å². The molecule has 82 valence electrons. The molecule has 0 aliphatic rings. The molecule has 0 aromatic rings. The lowest BCUT2D eigenvalue weighted by Crippen LogP contribution is -2.53. The molecule has 0 bridgehead atoms. The summed E-state index contributed by atoms with van der Waals surface area (Å²) in [7, 11) is 0. The van der Waals surface area contributed by atoms with Gasteiger partial charge in [0.05, 0.1) is 0 Å². The van der Waals surface area contributed by atoms with Crippen LogP contribution in [0.25, 0.3) is 0 Å². The van der Waals surface area contributed by atoms with Gasteiger partial charge in [-0.2, -0.15) is 0 Å². The molecular weight excluding hydrogens is 188 g/mol. The molecule has 0 radical (unpaired) electrons. The molecule has 0 saturated heterocycles. The first-order valence-electron chi connectivity index (χ1n) is 4.12. The fourth-order valence-corrected chi connectivity index (χ4v) is 0.670. The lowest BCUT2D eigenvalue weighted by molar-refractivity contribution is -0.159. The van der Waals surface area contributed by atoms with Gasteiger partial charge in [0.2, 0.25) is 0 Å². The number of carboxylic acids is 1. The summed E-state index contributed by atoms with van der Waals surface area (Å²) in [6.07, 6.45) is 0. The maximum absolute atomic E-state index is 11.2. The van der Waals surface area contributed by atoms with Gasteiger partial charge in [0.15, 0.2) is 0 Å². The van der Waals surface area contributed by atoms with E-state index in [1.165, 1.54) is 0 Å². The van der Waals surface area contributed by atoms with Crippen LogP contribution in [0.15, 0.2) is 0 Å². The van der Waals surface area contributed by atoms with Gasteiger partial charge in [-0.3, -0.25) is 9.59 Å². The average molecular weight is 204 g/mol. The number of carbonyl (C=O) groups excluding carboxylic acids is 1. The van der Waals surface area contributed by atoms with E-state index in [1.807, 2.05) is 0 Å². The summed E-state index contributed by atoms with van der Waals surface area (Å²) < 4.78 is 4.86. The molecule has 2 unspecified atom stereocenters. The number of nitrogens with two attached hydrogens (primary N) is 2. The molecule has 5 N–H and O–H groups in total. The van der Waals surface area contributed by atoms with Crippen LogP contribution in [0.1, 0.15) is 20.8 Å². The van der Waals surface area contributed by atoms with Gasteiger partial charge in [0, 0.05) is 0 Å². The standard InChI is InChI=1S/C8H16N2O4/c1-8(2,3)14-7(13)5(10)4(9)6(11)12/h4-5H,9-10H2,1-3H3,(H,11,12). The summed E-state index contributed by atoms with van der Waals surface area (Å²) in [6, 6.07) is -2.78. The van der Waals surface area contributed by atoms with Crippen LogP contribution in [0.4, 0.5) is 0 Å². The molecule has 0 aliphatic carbocycles. The Kier molecular flexibility index (Phi) is 4.03. The van der Waals surface area contributed by atoms with E-state index in [-0.39, 0.29) is 0 Å². The predicted molar refractivity (Wildman–Crippen MR) is 49.4 cm³/mol. The van der Waals surface area contributed by atoms with Crippen molar-refractivity contribution in [3.63, 3.8) is 0 Å². The molecule has 0 aliphatic heterocycles. The Bertz CT molecular complexity index is 234. The van der Waals surface area contributed by atoms with Crippen molar-refractivity contribution in [2.24, 2.45) is 11.5 Å². The average Bonchev–Trinajstić information content (AvgIpc) is 1.98. The molecule has 0 heterocycles. The maximum atomic E-state index is 11.2. The number of rotatable bonds is 3. The second-order valence-corrected chi connectivity index (χ2v) is 3.92. The molecule has 0 saturated carbocycles. The number of ether oxygens (including phenoxy) is 1. The molecule has 14 heavy (non-hydrogen) atoms. The molecule has 0 aromatic carbocycles. The van der Waals surface area contributed by atoms with Gasteiger partial charge in [0.1, 0.15) is 17.7 Å². The normalized spacial score (nSPS) is 15.8. The summed E-state index contributed by atoms with van der Waals surface area (Å²) in [5, 5.41) is 8.49. The lowest BCUT2D eigenvalue weighted by atomic mass is 10.1. The van der Waals surface area contributed by atoms with Crippen molar-refractivity contribution < 1.29 is 19.4 Å². The highest BCUT2D eigenvalue weighted by molar-refractivity contribution is 5.86. The third kappa shape index (κ3) is 4.20. The van der Waals surface area contributed by atoms with Gasteiger partial charge < -0.3 is 21.3 Å². The first kappa shape index (κ1) is 12.9. The van der Waals surface area contributed by atoms with Crippen molar-refractivity contribution in [2.75, 3.05) is 0 Å². The molecule has 0 fully saturated rings. The Morgan fingerprint density at radius 3 is 1.93 bits per heavy atom. The van der Waals surface area contributed by atoms with Crippen LogP contribution in [0.3, 0.4) is 0 Å². The Balaban J connectivity index is 4.33. The van der Waals surface area contributed by atoms with Crippen LogP contribution in [0, 0.1) is 0 Å². The third-order valence-electron chi connectivity index (χ3n) is 1.35. The highest BCUT2D eigenvalue weighted by Gasteiger charge is 2.30. The van der Waals surface area contributed by atoms with Crippen molar-refractivity contribution >= 4 is 11.9 Å². The SMILES string of the molecule is CC(C)(C)OC(=O)C(N)C(N)C(=O)O. The van der Waals surface area contributed by atoms with Crippen LogP contribution in [0.2, 0.25) is 0 Å². The van der Waals surface area contributed by atoms with E-state index < -0.39 is 29.6 Å². The lowest BCUT2D eigenvalue weighted by Gasteiger charge is -2.23. The highest BCUT2D eigenvalue weighted by Crippen LogP contribution is 2.08. The van der Waals surface area contributed by atoms with Crippen LogP contribution < -0.4 is 11.5 Å². The quantitative estimate of drug-likeness (QED) is 0.511. The number of esters is 1. The summed E-state index contributed by atoms with van der Waals surface area (Å²) in [5.74, 6) is -2.14. The van der Waals surface area contributed by atoms with E-state index in [0.717, 1.165) is 0 Å². The summed E-state index contributed by atoms with van der Waals surface area (Å²) >= 11 is 0. The number of carbonyl (C=O) groups is 2. The summed E-state index contributed by atoms with van der Waals surface area (Å²) in [5.41, 5.74) is 9.74. The minimum absolute atomic E-state index is 0.701. The zero-order valence-electron chi connectivity index (χ0n) is 8.48. The van der Waals surface area contributed by atoms with Crippen LogP contribution >= 0.6 is 0 Å². The zero-order valence-corrected chi connectivity index (χ0v) is 8.48. The fourth-order valence-electron chi connectivity index (χ4n) is 0.670. The monoisotopic (exact) mass is 204 g/mol. The first-order chi connectivity index (χ1) is 6.15. The van der Waals surface area contributed by atoms with E-state index in [0.29, 0.717) is 0 Å². The first-order valence-corrected chi connectivity index (χ1v) is 4.12. The van der Waals surface area contributed by atoms with Crippen molar-refractivity contribution in [1.29, 1.82) is 0 Å². The minimum atomic E-state index is -1.44. The van der Waals surface area contributed by atoms with Gasteiger partial charge in [-0.1, -0.05) is 0 Å². The second kappa shape index (κ2) is 4.39. The van der Waals surface area contributed by atoms with Crippen molar-refractivity contribution in [2.45, 2.75) is 38.5 Å². The van der Waals surface area contributed by atoms with Gasteiger partial charge >= 0.3 is 11.9 Å². The number of carboxylic acid groups (broad SMARTS) is 1. The maximum Gasteiger partial charge on any atom is 0.325 e. The zero-order chi connectivity index (χ0) is 11.5. The predicted octanol–water partition coefficient (Wildman–Crippen LogP) is -0.933. The smallest absolute Gasteiger partial charge is 0.325 e. The van der Waals surface area contributed by atoms with E-state index in [1.54, 1.807) is 20.8 Å². The molecule has 2 atom stereocenters. The van der Waals surface area contributed by atoms with E-state index >= 15 is 0 Å². The van der Waals surface area contributed by atoms with Gasteiger partial charge in [0.25, 0.3) is 0 Å². The number of aliphatic carboxylic acids is 1. The second-order valence-electron chi connectivity index (χ2n) is 3.92. The van der Waals surface area contributed by atoms with Crippen molar-refractivity contribution in [1.82, 2.24) is 0 Å². The Morgan fingerprint density at radius 2 is 1.64 bits per heavy atom. The topological polar surface area (TPSA) is 116 Å². The molecule has 0 spiro atoms. The largest absolute Gasteiger partial charge is 0.480 e. The van der Waals surface area contributed by atoms with Gasteiger partial charge in [-0.25, -0.2) is 0 Å². The Morgan fingerprint density at radius 1 is 1.21 bits per heavy atom. The minimum Gasteiger partial charge on any atom is -0.480 e. The van der Waals surface area contributed by atoms with Gasteiger partial charge in [-0.05, 0) is 20.8 Å². The van der Waals surface area contributed by atoms with Crippen molar-refractivity contribution in [3.8, 4) is 0 Å². The number of hydrogen-bond acceptors (Lipinski definition) is 5. The molecule has 6 nitrogen and oxygen atoms in total. The van der Waals surface area contributed by atoms with E-state index in [4.69, 9.17) is 21.3 Å². The molecule has 0 amide bonds. The Hall–Kier alpha value is -1.14. The van der Waals surface area contributed by atoms with Crippen LogP contribution in [-0.2, 0) is 14.3 Å². The summed E-state index contributed by atoms with van der Waals surface area (Å²) in [4.78, 5) is 21.6. The molecular formula is C8H16N2O4. The third-order valence-corrected chi connectivity index (χ3v) is 1.35. The fraction of sp³-hybridized carbons (Fsp3) is 0.750. The van der Waals surface area contributed by atoms with Crippen LogP contribution in [0.5, 0.6) is 0 Å².